The maximum Gasteiger partial charge on any atom is 0.243 e. The molecule has 1 heterocycles. The van der Waals surface area contributed by atoms with E-state index in [1.807, 2.05) is 40.7 Å². The summed E-state index contributed by atoms with van der Waals surface area (Å²) in [6.07, 6.45) is 0.759. The summed E-state index contributed by atoms with van der Waals surface area (Å²) in [6, 6.07) is 6.88. The van der Waals surface area contributed by atoms with Crippen molar-refractivity contribution in [3.63, 3.8) is 0 Å². The van der Waals surface area contributed by atoms with E-state index in [0.29, 0.717) is 18.1 Å². The van der Waals surface area contributed by atoms with Crippen LogP contribution in [-0.2, 0) is 14.8 Å². The summed E-state index contributed by atoms with van der Waals surface area (Å²) in [7, 11) is -3.44. The first-order valence-corrected chi connectivity index (χ1v) is 9.08. The van der Waals surface area contributed by atoms with Crippen molar-refractivity contribution in [2.45, 2.75) is 58.0 Å². The number of morpholine rings is 1. The zero-order valence-corrected chi connectivity index (χ0v) is 14.5. The van der Waals surface area contributed by atoms with Crippen molar-refractivity contribution in [3.05, 3.63) is 29.8 Å². The van der Waals surface area contributed by atoms with Crippen LogP contribution in [0.3, 0.4) is 0 Å². The zero-order valence-electron chi connectivity index (χ0n) is 13.7. The second-order valence-corrected chi connectivity index (χ2v) is 6.94. The molecule has 1 aromatic carbocycles. The highest BCUT2D eigenvalue weighted by Gasteiger charge is 2.37. The van der Waals surface area contributed by atoms with Gasteiger partial charge in [-0.1, -0.05) is 32.9 Å². The molecule has 0 spiro atoms. The van der Waals surface area contributed by atoms with Crippen LogP contribution in [0.4, 0.5) is 0 Å². The number of benzene rings is 1. The molecule has 0 bridgehead atoms. The molecule has 2 unspecified atom stereocenters. The summed E-state index contributed by atoms with van der Waals surface area (Å²) in [5.41, 5.74) is 0.954. The minimum atomic E-state index is -3.44. The number of sulfonamides is 1. The van der Waals surface area contributed by atoms with Crippen molar-refractivity contribution in [1.29, 1.82) is 0 Å². The minimum Gasteiger partial charge on any atom is -0.378 e. The topological polar surface area (TPSA) is 46.6 Å². The molecule has 0 N–H and O–H groups in total. The van der Waals surface area contributed by atoms with Crippen molar-refractivity contribution >= 4 is 10.0 Å². The normalized spacial score (nSPS) is 23.3. The van der Waals surface area contributed by atoms with Gasteiger partial charge in [-0.15, -0.1) is 0 Å². The molecule has 21 heavy (non-hydrogen) atoms. The van der Waals surface area contributed by atoms with Crippen LogP contribution in [0, 0.1) is 6.92 Å². The Hall–Kier alpha value is -0.910. The summed E-state index contributed by atoms with van der Waals surface area (Å²) >= 11 is 0. The van der Waals surface area contributed by atoms with Gasteiger partial charge in [0.05, 0.1) is 18.1 Å². The van der Waals surface area contributed by atoms with Crippen LogP contribution in [0.1, 0.15) is 39.7 Å². The number of hydrogen-bond donors (Lipinski definition) is 0. The van der Waals surface area contributed by atoms with Crippen molar-refractivity contribution < 1.29 is 13.2 Å². The Bertz CT molecular complexity index is 542. The molecule has 1 fully saturated rings. The third-order valence-electron chi connectivity index (χ3n) is 3.50. The summed E-state index contributed by atoms with van der Waals surface area (Å²) in [4.78, 5) is 0.375. The molecular weight excluding hydrogens is 286 g/mol. The number of nitrogens with zero attached hydrogens (tertiary/aromatic N) is 1. The predicted molar refractivity (Wildman–Crippen MR) is 85.9 cm³/mol. The Balaban J connectivity index is 0.00000106. The Morgan fingerprint density at radius 3 is 2.52 bits per heavy atom. The van der Waals surface area contributed by atoms with Crippen LogP contribution < -0.4 is 0 Å². The highest BCUT2D eigenvalue weighted by Crippen LogP contribution is 2.26. The van der Waals surface area contributed by atoms with E-state index in [4.69, 9.17) is 4.74 Å². The lowest BCUT2D eigenvalue weighted by molar-refractivity contribution is -0.000968. The summed E-state index contributed by atoms with van der Waals surface area (Å²) < 4.78 is 32.7. The smallest absolute Gasteiger partial charge is 0.243 e. The van der Waals surface area contributed by atoms with Gasteiger partial charge < -0.3 is 4.74 Å². The van der Waals surface area contributed by atoms with E-state index in [-0.39, 0.29) is 12.1 Å². The average Bonchev–Trinajstić information content (AvgIpc) is 2.48. The van der Waals surface area contributed by atoms with Gasteiger partial charge in [-0.25, -0.2) is 8.42 Å². The fourth-order valence-electron chi connectivity index (χ4n) is 2.51. The Kier molecular flexibility index (Phi) is 6.84. The second-order valence-electron chi connectivity index (χ2n) is 5.10. The van der Waals surface area contributed by atoms with Gasteiger partial charge in [-0.05, 0) is 38.0 Å². The standard InChI is InChI=1S/C14H21NO3S.C2H6/c1-4-13-10-18-9-12(3)15(13)19(16,17)14-7-5-6-11(2)8-14;1-2/h5-8,12-13H,4,9-10H2,1-3H3;1-2H3. The molecule has 1 aliphatic rings. The first-order valence-electron chi connectivity index (χ1n) is 7.64. The monoisotopic (exact) mass is 313 g/mol. The molecule has 0 aliphatic carbocycles. The summed E-state index contributed by atoms with van der Waals surface area (Å²) in [5, 5.41) is 0. The molecule has 5 heteroatoms. The van der Waals surface area contributed by atoms with E-state index in [9.17, 15) is 8.42 Å². The van der Waals surface area contributed by atoms with Gasteiger partial charge in [-0.3, -0.25) is 0 Å². The highest BCUT2D eigenvalue weighted by molar-refractivity contribution is 7.89. The van der Waals surface area contributed by atoms with Gasteiger partial charge in [0.2, 0.25) is 10.0 Å². The lowest BCUT2D eigenvalue weighted by atomic mass is 10.2. The van der Waals surface area contributed by atoms with Crippen LogP contribution in [-0.4, -0.2) is 38.0 Å². The molecule has 0 saturated carbocycles. The second kappa shape index (κ2) is 7.92. The zero-order chi connectivity index (χ0) is 16.0. The minimum absolute atomic E-state index is 0.0748. The van der Waals surface area contributed by atoms with Gasteiger partial charge in [0.25, 0.3) is 0 Å². The van der Waals surface area contributed by atoms with E-state index in [0.717, 1.165) is 12.0 Å². The third-order valence-corrected chi connectivity index (χ3v) is 5.56. The number of ether oxygens (including phenoxy) is 1. The van der Waals surface area contributed by atoms with E-state index in [1.165, 1.54) is 0 Å². The van der Waals surface area contributed by atoms with E-state index in [1.54, 1.807) is 22.5 Å². The molecule has 2 atom stereocenters. The van der Waals surface area contributed by atoms with Crippen molar-refractivity contribution in [1.82, 2.24) is 4.31 Å². The maximum absolute atomic E-state index is 12.8. The van der Waals surface area contributed by atoms with Crippen molar-refractivity contribution in [2.75, 3.05) is 13.2 Å². The molecule has 0 amide bonds. The summed E-state index contributed by atoms with van der Waals surface area (Å²) in [5.74, 6) is 0. The van der Waals surface area contributed by atoms with Gasteiger partial charge in [-0.2, -0.15) is 4.31 Å². The largest absolute Gasteiger partial charge is 0.378 e. The number of hydrogen-bond acceptors (Lipinski definition) is 3. The molecule has 0 aromatic heterocycles. The molecule has 120 valence electrons. The molecule has 4 nitrogen and oxygen atoms in total. The van der Waals surface area contributed by atoms with Gasteiger partial charge in [0.1, 0.15) is 0 Å². The van der Waals surface area contributed by atoms with Crippen molar-refractivity contribution in [2.24, 2.45) is 0 Å². The molecular formula is C16H27NO3S. The Morgan fingerprint density at radius 1 is 1.29 bits per heavy atom. The summed E-state index contributed by atoms with van der Waals surface area (Å²) in [6.45, 7) is 10.7. The predicted octanol–water partition coefficient (Wildman–Crippen LogP) is 3.21. The van der Waals surface area contributed by atoms with Crippen LogP contribution in [0.25, 0.3) is 0 Å². The van der Waals surface area contributed by atoms with Crippen molar-refractivity contribution in [3.8, 4) is 0 Å². The first kappa shape index (κ1) is 18.1. The van der Waals surface area contributed by atoms with Crippen LogP contribution in [0.15, 0.2) is 29.2 Å². The Morgan fingerprint density at radius 2 is 1.95 bits per heavy atom. The highest BCUT2D eigenvalue weighted by atomic mass is 32.2. The fourth-order valence-corrected chi connectivity index (χ4v) is 4.48. The lowest BCUT2D eigenvalue weighted by Crippen LogP contribution is -2.53. The quantitative estimate of drug-likeness (QED) is 0.861. The molecule has 0 radical (unpaired) electrons. The molecule has 2 rings (SSSR count). The number of rotatable bonds is 3. The first-order chi connectivity index (χ1) is 9.96. The SMILES string of the molecule is CC.CCC1COCC(C)N1S(=O)(=O)c1cccc(C)c1. The van der Waals surface area contributed by atoms with Crippen LogP contribution in [0.2, 0.25) is 0 Å². The lowest BCUT2D eigenvalue weighted by Gasteiger charge is -2.38. The molecule has 1 aromatic rings. The molecule has 1 saturated heterocycles. The van der Waals surface area contributed by atoms with Gasteiger partial charge >= 0.3 is 0 Å². The van der Waals surface area contributed by atoms with E-state index < -0.39 is 10.0 Å². The average molecular weight is 313 g/mol. The van der Waals surface area contributed by atoms with Gasteiger partial charge in [0, 0.05) is 12.1 Å². The van der Waals surface area contributed by atoms with Crippen LogP contribution >= 0.6 is 0 Å². The van der Waals surface area contributed by atoms with Crippen LogP contribution in [0.5, 0.6) is 0 Å². The fraction of sp³-hybridized carbons (Fsp3) is 0.625. The van der Waals surface area contributed by atoms with E-state index in [2.05, 4.69) is 0 Å². The number of aryl methyl sites for hydroxylation is 1. The van der Waals surface area contributed by atoms with Gasteiger partial charge in [0.15, 0.2) is 0 Å². The molecule has 1 aliphatic heterocycles. The maximum atomic E-state index is 12.8. The van der Waals surface area contributed by atoms with E-state index >= 15 is 0 Å². The third kappa shape index (κ3) is 4.05. The Labute approximate surface area is 129 Å².